The summed E-state index contributed by atoms with van der Waals surface area (Å²) in [6.45, 7) is 1.30. The number of carboxylic acids is 1. The molecule has 1 aliphatic carbocycles. The average Bonchev–Trinajstić information content (AvgIpc) is 2.38. The fourth-order valence-corrected chi connectivity index (χ4v) is 2.77. The maximum Gasteiger partial charge on any atom is 0.306 e. The van der Waals surface area contributed by atoms with Crippen molar-refractivity contribution in [3.63, 3.8) is 0 Å². The number of aliphatic carboxylic acids is 1. The van der Waals surface area contributed by atoms with Gasteiger partial charge in [0.15, 0.2) is 0 Å². The summed E-state index contributed by atoms with van der Waals surface area (Å²) in [7, 11) is 0. The minimum absolute atomic E-state index is 0.0660. The van der Waals surface area contributed by atoms with Gasteiger partial charge in [-0.1, -0.05) is 0 Å². The molecule has 0 radical (unpaired) electrons. The first-order valence-corrected chi connectivity index (χ1v) is 6.96. The molecule has 20 heavy (non-hydrogen) atoms. The fourth-order valence-electron chi connectivity index (χ4n) is 2.77. The summed E-state index contributed by atoms with van der Waals surface area (Å²) in [5.41, 5.74) is 0.710. The summed E-state index contributed by atoms with van der Waals surface area (Å²) < 4.78 is 13.1. The monoisotopic (exact) mass is 281 g/mol. The summed E-state index contributed by atoms with van der Waals surface area (Å²) in [5.74, 6) is -0.904. The third kappa shape index (κ3) is 4.20. The van der Waals surface area contributed by atoms with E-state index in [1.54, 1.807) is 0 Å². The van der Waals surface area contributed by atoms with Crippen LogP contribution in [0.3, 0.4) is 0 Å². The van der Waals surface area contributed by atoms with Gasteiger partial charge in [0.1, 0.15) is 11.6 Å². The van der Waals surface area contributed by atoms with Gasteiger partial charge in [0.25, 0.3) is 0 Å². The molecule has 3 N–H and O–H groups in total. The van der Waals surface area contributed by atoms with E-state index < -0.39 is 11.8 Å². The van der Waals surface area contributed by atoms with Gasteiger partial charge in [0.05, 0.1) is 5.92 Å². The fraction of sp³-hybridized carbons (Fsp3) is 0.533. The first-order valence-electron chi connectivity index (χ1n) is 6.96. The van der Waals surface area contributed by atoms with E-state index in [1.807, 2.05) is 0 Å². The zero-order valence-corrected chi connectivity index (χ0v) is 11.3. The van der Waals surface area contributed by atoms with Crippen molar-refractivity contribution in [2.75, 3.05) is 6.54 Å². The third-order valence-corrected chi connectivity index (χ3v) is 3.90. The molecule has 0 heterocycles. The lowest BCUT2D eigenvalue weighted by atomic mass is 9.82. The van der Waals surface area contributed by atoms with Gasteiger partial charge in [0, 0.05) is 12.6 Å². The van der Waals surface area contributed by atoms with Gasteiger partial charge in [-0.2, -0.15) is 0 Å². The highest BCUT2D eigenvalue weighted by molar-refractivity contribution is 5.69. The number of carbonyl (C=O) groups is 1. The van der Waals surface area contributed by atoms with Crippen molar-refractivity contribution in [2.45, 2.75) is 32.2 Å². The second kappa shape index (κ2) is 6.70. The zero-order chi connectivity index (χ0) is 14.5. The van der Waals surface area contributed by atoms with Crippen molar-refractivity contribution in [1.29, 1.82) is 0 Å². The van der Waals surface area contributed by atoms with E-state index in [9.17, 15) is 14.3 Å². The van der Waals surface area contributed by atoms with Crippen LogP contribution in [0.5, 0.6) is 5.75 Å². The number of carboxylic acid groups (broad SMARTS) is 1. The van der Waals surface area contributed by atoms with Crippen LogP contribution >= 0.6 is 0 Å². The van der Waals surface area contributed by atoms with Crippen LogP contribution in [0.1, 0.15) is 31.2 Å². The summed E-state index contributed by atoms with van der Waals surface area (Å²) in [6, 6.07) is 4.02. The molecular weight excluding hydrogens is 261 g/mol. The molecule has 0 bridgehead atoms. The Bertz CT molecular complexity index is 450. The molecule has 0 aliphatic heterocycles. The minimum atomic E-state index is -0.688. The summed E-state index contributed by atoms with van der Waals surface area (Å²) in [4.78, 5) is 10.8. The Labute approximate surface area is 117 Å². The second-order valence-corrected chi connectivity index (χ2v) is 5.50. The van der Waals surface area contributed by atoms with Gasteiger partial charge in [-0.3, -0.25) is 4.79 Å². The smallest absolute Gasteiger partial charge is 0.306 e. The number of aromatic hydroxyl groups is 1. The van der Waals surface area contributed by atoms with Gasteiger partial charge in [-0.05, 0) is 55.8 Å². The molecule has 0 spiro atoms. The number of halogens is 1. The molecule has 2 rings (SSSR count). The van der Waals surface area contributed by atoms with Gasteiger partial charge in [-0.25, -0.2) is 4.39 Å². The van der Waals surface area contributed by atoms with E-state index in [-0.39, 0.29) is 11.7 Å². The molecule has 1 fully saturated rings. The molecule has 5 heteroatoms. The standard InChI is InChI=1S/C15H20FNO3/c16-13-5-11(6-14(18)7-13)9-17-8-10-1-3-12(4-2-10)15(19)20/h5-7,10,12,17-18H,1-4,8-9H2,(H,19,20). The van der Waals surface area contributed by atoms with E-state index >= 15 is 0 Å². The van der Waals surface area contributed by atoms with Crippen LogP contribution < -0.4 is 5.32 Å². The molecule has 1 aliphatic rings. The first-order chi connectivity index (χ1) is 9.54. The Hall–Kier alpha value is -1.62. The molecule has 1 aromatic rings. The highest BCUT2D eigenvalue weighted by Gasteiger charge is 2.25. The van der Waals surface area contributed by atoms with Crippen LogP contribution in [0.4, 0.5) is 4.39 Å². The van der Waals surface area contributed by atoms with E-state index in [4.69, 9.17) is 5.11 Å². The van der Waals surface area contributed by atoms with Crippen LogP contribution in [0, 0.1) is 17.7 Å². The predicted molar refractivity (Wildman–Crippen MR) is 72.9 cm³/mol. The van der Waals surface area contributed by atoms with Crippen LogP contribution in [0.2, 0.25) is 0 Å². The van der Waals surface area contributed by atoms with Gasteiger partial charge in [0.2, 0.25) is 0 Å². The SMILES string of the molecule is O=C(O)C1CCC(CNCc2cc(O)cc(F)c2)CC1. The molecule has 0 saturated heterocycles. The number of benzene rings is 1. The topological polar surface area (TPSA) is 69.6 Å². The quantitative estimate of drug-likeness (QED) is 0.775. The zero-order valence-electron chi connectivity index (χ0n) is 11.3. The van der Waals surface area contributed by atoms with E-state index in [0.29, 0.717) is 18.0 Å². The van der Waals surface area contributed by atoms with Gasteiger partial charge >= 0.3 is 5.97 Å². The lowest BCUT2D eigenvalue weighted by Crippen LogP contribution is -2.28. The Morgan fingerprint density at radius 3 is 2.55 bits per heavy atom. The van der Waals surface area contributed by atoms with Crippen molar-refractivity contribution in [1.82, 2.24) is 5.32 Å². The van der Waals surface area contributed by atoms with Crippen molar-refractivity contribution in [3.8, 4) is 5.75 Å². The van der Waals surface area contributed by atoms with E-state index in [0.717, 1.165) is 38.3 Å². The minimum Gasteiger partial charge on any atom is -0.508 e. The lowest BCUT2D eigenvalue weighted by molar-refractivity contribution is -0.143. The average molecular weight is 281 g/mol. The van der Waals surface area contributed by atoms with Crippen LogP contribution in [-0.2, 0) is 11.3 Å². The molecule has 1 aromatic carbocycles. The molecule has 4 nitrogen and oxygen atoms in total. The Kier molecular flexibility index (Phi) is 4.95. The second-order valence-electron chi connectivity index (χ2n) is 5.50. The Balaban J connectivity index is 1.73. The maximum atomic E-state index is 13.1. The summed E-state index contributed by atoms with van der Waals surface area (Å²) in [6.07, 6.45) is 3.31. The molecule has 0 unspecified atom stereocenters. The lowest BCUT2D eigenvalue weighted by Gasteiger charge is -2.26. The van der Waals surface area contributed by atoms with Crippen LogP contribution in [-0.4, -0.2) is 22.7 Å². The third-order valence-electron chi connectivity index (χ3n) is 3.90. The normalized spacial score (nSPS) is 22.6. The van der Waals surface area contributed by atoms with E-state index in [1.165, 1.54) is 12.1 Å². The number of phenols is 1. The number of hydrogen-bond acceptors (Lipinski definition) is 3. The van der Waals surface area contributed by atoms with Crippen molar-refractivity contribution in [2.24, 2.45) is 11.8 Å². The predicted octanol–water partition coefficient (Wildman–Crippen LogP) is 2.51. The Morgan fingerprint density at radius 2 is 1.95 bits per heavy atom. The number of nitrogens with one attached hydrogen (secondary N) is 1. The number of hydrogen-bond donors (Lipinski definition) is 3. The first kappa shape index (κ1) is 14.8. The van der Waals surface area contributed by atoms with E-state index in [2.05, 4.69) is 5.32 Å². The molecule has 110 valence electrons. The Morgan fingerprint density at radius 1 is 1.25 bits per heavy atom. The molecule has 0 aromatic heterocycles. The van der Waals surface area contributed by atoms with Crippen LogP contribution in [0.25, 0.3) is 0 Å². The molecule has 0 atom stereocenters. The molecular formula is C15H20FNO3. The number of rotatable bonds is 5. The summed E-state index contributed by atoms with van der Waals surface area (Å²) >= 11 is 0. The maximum absolute atomic E-state index is 13.1. The van der Waals surface area contributed by atoms with Gasteiger partial charge in [-0.15, -0.1) is 0 Å². The van der Waals surface area contributed by atoms with Crippen molar-refractivity contribution in [3.05, 3.63) is 29.6 Å². The van der Waals surface area contributed by atoms with Crippen LogP contribution in [0.15, 0.2) is 18.2 Å². The highest BCUT2D eigenvalue weighted by atomic mass is 19.1. The largest absolute Gasteiger partial charge is 0.508 e. The summed E-state index contributed by atoms with van der Waals surface area (Å²) in [5, 5.41) is 21.5. The molecule has 0 amide bonds. The highest BCUT2D eigenvalue weighted by Crippen LogP contribution is 2.28. The van der Waals surface area contributed by atoms with Crippen molar-refractivity contribution < 1.29 is 19.4 Å². The molecule has 1 saturated carbocycles. The van der Waals surface area contributed by atoms with Crippen molar-refractivity contribution >= 4 is 5.97 Å². The number of phenolic OH excluding ortho intramolecular Hbond substituents is 1. The van der Waals surface area contributed by atoms with Gasteiger partial charge < -0.3 is 15.5 Å².